The van der Waals surface area contributed by atoms with E-state index in [1.807, 2.05) is 0 Å². The lowest BCUT2D eigenvalue weighted by molar-refractivity contribution is 0.581. The molecule has 16 heavy (non-hydrogen) atoms. The zero-order valence-electron chi connectivity index (χ0n) is 10.2. The second-order valence-electron chi connectivity index (χ2n) is 4.14. The summed E-state index contributed by atoms with van der Waals surface area (Å²) >= 11 is 0. The maximum Gasteiger partial charge on any atom is 0.263 e. The lowest BCUT2D eigenvalue weighted by Crippen LogP contribution is -2.02. The van der Waals surface area contributed by atoms with Crippen LogP contribution in [-0.4, -0.2) is 27.2 Å². The van der Waals surface area contributed by atoms with Gasteiger partial charge in [-0.05, 0) is 11.6 Å². The van der Waals surface area contributed by atoms with Crippen molar-refractivity contribution in [1.82, 2.24) is 20.6 Å². The highest BCUT2D eigenvalue weighted by molar-refractivity contribution is 5.17. The van der Waals surface area contributed by atoms with Gasteiger partial charge in [0.1, 0.15) is 0 Å². The molecule has 0 atom stereocenters. The number of hydrogen-bond donors (Lipinski definition) is 2. The summed E-state index contributed by atoms with van der Waals surface area (Å²) in [5.74, 6) is 0.600. The van der Waals surface area contributed by atoms with Crippen LogP contribution in [0.15, 0.2) is 0 Å². The quantitative estimate of drug-likeness (QED) is 0.601. The summed E-state index contributed by atoms with van der Waals surface area (Å²) in [5, 5.41) is 16.7. The molecule has 0 aliphatic heterocycles. The third kappa shape index (κ3) is 6.37. The number of hydrogen-bond acceptors (Lipinski definition) is 4. The van der Waals surface area contributed by atoms with Crippen LogP contribution in [0.1, 0.15) is 58.3 Å². The Morgan fingerprint density at radius 2 is 1.69 bits per heavy atom. The van der Waals surface area contributed by atoms with Crippen LogP contribution in [0.25, 0.3) is 0 Å². The first-order valence-electron chi connectivity index (χ1n) is 6.41. The predicted octanol–water partition coefficient (Wildman–Crippen LogP) is 2.75. The highest BCUT2D eigenvalue weighted by Crippen LogP contribution is 2.08. The monoisotopic (exact) mass is 225 g/mol. The molecular formula is C11H23N5. The van der Waals surface area contributed by atoms with Gasteiger partial charge in [0, 0.05) is 6.54 Å². The molecule has 0 spiro atoms. The van der Waals surface area contributed by atoms with E-state index in [4.69, 9.17) is 0 Å². The number of unbranched alkanes of at least 4 members (excludes halogenated alkanes) is 7. The molecule has 1 aromatic rings. The molecule has 1 rings (SSSR count). The van der Waals surface area contributed by atoms with Crippen molar-refractivity contribution in [3.05, 3.63) is 0 Å². The number of H-pyrrole nitrogens is 1. The number of nitrogens with one attached hydrogen (secondary N) is 2. The largest absolute Gasteiger partial charge is 0.352 e. The van der Waals surface area contributed by atoms with Crippen molar-refractivity contribution in [1.29, 1.82) is 0 Å². The molecule has 1 heterocycles. The molecule has 2 N–H and O–H groups in total. The molecule has 0 radical (unpaired) electrons. The Morgan fingerprint density at radius 3 is 2.31 bits per heavy atom. The van der Waals surface area contributed by atoms with E-state index in [-0.39, 0.29) is 0 Å². The Hall–Kier alpha value is -1.13. The van der Waals surface area contributed by atoms with Gasteiger partial charge >= 0.3 is 0 Å². The van der Waals surface area contributed by atoms with Gasteiger partial charge in [0.05, 0.1) is 0 Å². The van der Waals surface area contributed by atoms with E-state index < -0.39 is 0 Å². The number of nitrogens with zero attached hydrogens (tertiary/aromatic N) is 3. The summed E-state index contributed by atoms with van der Waals surface area (Å²) in [7, 11) is 0. The molecule has 92 valence electrons. The second-order valence-corrected chi connectivity index (χ2v) is 4.14. The average molecular weight is 225 g/mol. The van der Waals surface area contributed by atoms with Gasteiger partial charge in [0.25, 0.3) is 5.95 Å². The molecule has 0 unspecified atom stereocenters. The van der Waals surface area contributed by atoms with Crippen LogP contribution in [0.2, 0.25) is 0 Å². The minimum Gasteiger partial charge on any atom is -0.352 e. The van der Waals surface area contributed by atoms with Crippen molar-refractivity contribution in [3.63, 3.8) is 0 Å². The highest BCUT2D eigenvalue weighted by Gasteiger charge is 1.95. The van der Waals surface area contributed by atoms with E-state index in [0.717, 1.165) is 6.54 Å². The van der Waals surface area contributed by atoms with Gasteiger partial charge in [-0.15, -0.1) is 5.10 Å². The maximum absolute atomic E-state index is 3.83. The SMILES string of the molecule is CCCCCCCCCCNc1nn[nH]n1. The first-order valence-corrected chi connectivity index (χ1v) is 6.41. The summed E-state index contributed by atoms with van der Waals surface area (Å²) in [6.07, 6.45) is 10.7. The van der Waals surface area contributed by atoms with Gasteiger partial charge in [0.15, 0.2) is 0 Å². The third-order valence-electron chi connectivity index (χ3n) is 2.66. The third-order valence-corrected chi connectivity index (χ3v) is 2.66. The molecule has 5 nitrogen and oxygen atoms in total. The molecule has 1 aromatic heterocycles. The Kier molecular flexibility index (Phi) is 7.38. The molecule has 0 amide bonds. The van der Waals surface area contributed by atoms with Crippen molar-refractivity contribution >= 4 is 5.95 Å². The van der Waals surface area contributed by atoms with E-state index in [1.54, 1.807) is 0 Å². The first-order chi connectivity index (χ1) is 7.93. The van der Waals surface area contributed by atoms with Crippen LogP contribution in [-0.2, 0) is 0 Å². The van der Waals surface area contributed by atoms with Crippen molar-refractivity contribution in [2.45, 2.75) is 58.3 Å². The lowest BCUT2D eigenvalue weighted by atomic mass is 10.1. The van der Waals surface area contributed by atoms with Crippen LogP contribution in [0.4, 0.5) is 5.95 Å². The van der Waals surface area contributed by atoms with E-state index in [9.17, 15) is 0 Å². The normalized spacial score (nSPS) is 10.6. The van der Waals surface area contributed by atoms with Crippen molar-refractivity contribution in [2.24, 2.45) is 0 Å². The van der Waals surface area contributed by atoms with Crippen LogP contribution in [0.3, 0.4) is 0 Å². The standard InChI is InChI=1S/C11H23N5/c1-2-3-4-5-6-7-8-9-10-12-11-13-15-16-14-11/h2-10H2,1H3,(H2,12,13,14,15,16). The molecule has 0 aliphatic carbocycles. The maximum atomic E-state index is 3.83. The first kappa shape index (κ1) is 12.9. The van der Waals surface area contributed by atoms with E-state index in [2.05, 4.69) is 32.9 Å². The van der Waals surface area contributed by atoms with Crippen LogP contribution in [0.5, 0.6) is 0 Å². The molecule has 0 fully saturated rings. The summed E-state index contributed by atoms with van der Waals surface area (Å²) in [4.78, 5) is 0. The van der Waals surface area contributed by atoms with Gasteiger partial charge in [0.2, 0.25) is 0 Å². The summed E-state index contributed by atoms with van der Waals surface area (Å²) in [5.41, 5.74) is 0. The van der Waals surface area contributed by atoms with E-state index in [1.165, 1.54) is 51.4 Å². The van der Waals surface area contributed by atoms with Crippen molar-refractivity contribution in [3.8, 4) is 0 Å². The number of rotatable bonds is 10. The topological polar surface area (TPSA) is 66.5 Å². The minimum absolute atomic E-state index is 0.600. The molecule has 0 bridgehead atoms. The molecule has 0 aliphatic rings. The molecule has 0 saturated carbocycles. The van der Waals surface area contributed by atoms with Gasteiger partial charge in [-0.2, -0.15) is 5.21 Å². The number of tetrazole rings is 1. The highest BCUT2D eigenvalue weighted by atomic mass is 15.5. The van der Waals surface area contributed by atoms with Crippen molar-refractivity contribution in [2.75, 3.05) is 11.9 Å². The fraction of sp³-hybridized carbons (Fsp3) is 0.909. The number of aromatic amines is 1. The van der Waals surface area contributed by atoms with Crippen LogP contribution < -0.4 is 5.32 Å². The predicted molar refractivity (Wildman–Crippen MR) is 65.3 cm³/mol. The zero-order valence-corrected chi connectivity index (χ0v) is 10.2. The molecule has 0 saturated heterocycles. The minimum atomic E-state index is 0.600. The lowest BCUT2D eigenvalue weighted by Gasteiger charge is -2.02. The fourth-order valence-electron chi connectivity index (χ4n) is 1.70. The molecular weight excluding hydrogens is 202 g/mol. The summed E-state index contributed by atoms with van der Waals surface area (Å²) < 4.78 is 0. The Balaban J connectivity index is 1.78. The summed E-state index contributed by atoms with van der Waals surface area (Å²) in [6, 6.07) is 0. The Morgan fingerprint density at radius 1 is 1.00 bits per heavy atom. The van der Waals surface area contributed by atoms with E-state index in [0.29, 0.717) is 5.95 Å². The van der Waals surface area contributed by atoms with Crippen molar-refractivity contribution < 1.29 is 0 Å². The molecule has 0 aromatic carbocycles. The van der Waals surface area contributed by atoms with E-state index >= 15 is 0 Å². The van der Waals surface area contributed by atoms with Crippen LogP contribution >= 0.6 is 0 Å². The second kappa shape index (κ2) is 9.12. The van der Waals surface area contributed by atoms with Gasteiger partial charge in [-0.3, -0.25) is 0 Å². The van der Waals surface area contributed by atoms with Gasteiger partial charge < -0.3 is 5.32 Å². The smallest absolute Gasteiger partial charge is 0.263 e. The Bertz CT molecular complexity index is 235. The summed E-state index contributed by atoms with van der Waals surface area (Å²) in [6.45, 7) is 3.19. The van der Waals surface area contributed by atoms with Gasteiger partial charge in [-0.25, -0.2) is 0 Å². The number of aromatic nitrogens is 4. The van der Waals surface area contributed by atoms with Crippen LogP contribution in [0, 0.1) is 0 Å². The average Bonchev–Trinajstić information content (AvgIpc) is 2.80. The molecule has 5 heteroatoms. The zero-order chi connectivity index (χ0) is 11.5. The van der Waals surface area contributed by atoms with Gasteiger partial charge in [-0.1, -0.05) is 57.0 Å². The number of anilines is 1. The Labute approximate surface area is 97.4 Å². The fourth-order valence-corrected chi connectivity index (χ4v) is 1.70.